The summed E-state index contributed by atoms with van der Waals surface area (Å²) in [5, 5.41) is 2.55. The summed E-state index contributed by atoms with van der Waals surface area (Å²) in [7, 11) is 0. The minimum absolute atomic E-state index is 0.0149. The Morgan fingerprint density at radius 1 is 1.23 bits per heavy atom. The third-order valence-corrected chi connectivity index (χ3v) is 3.10. The summed E-state index contributed by atoms with van der Waals surface area (Å²) in [6.45, 7) is 3.67. The fourth-order valence-electron chi connectivity index (χ4n) is 1.91. The van der Waals surface area contributed by atoms with Crippen molar-refractivity contribution in [2.45, 2.75) is 32.9 Å². The van der Waals surface area contributed by atoms with Gasteiger partial charge in [-0.3, -0.25) is 4.79 Å². The lowest BCUT2D eigenvalue weighted by molar-refractivity contribution is -0.149. The number of nitrogens with one attached hydrogen (secondary N) is 1. The predicted octanol–water partition coefficient (Wildman–Crippen LogP) is 2.07. The molecule has 0 aliphatic carbocycles. The predicted molar refractivity (Wildman–Crippen MR) is 80.0 cm³/mol. The number of esters is 1. The standard InChI is InChI=1S/C16H21NO5/c1-3-21-15(19)14(9-10-18)12(2)17-16(20)22-11-13-7-5-4-6-8-13/h4-8,10,12,14H,3,9,11H2,1-2H3,(H,17,20)/t12-,14-/m0/s1. The van der Waals surface area contributed by atoms with Crippen LogP contribution in [0.3, 0.4) is 0 Å². The molecule has 1 rings (SSSR count). The second kappa shape index (κ2) is 9.55. The van der Waals surface area contributed by atoms with E-state index in [0.717, 1.165) is 5.56 Å². The molecule has 1 aromatic carbocycles. The molecule has 1 N–H and O–H groups in total. The molecule has 120 valence electrons. The highest BCUT2D eigenvalue weighted by Gasteiger charge is 2.27. The van der Waals surface area contributed by atoms with Crippen molar-refractivity contribution in [2.75, 3.05) is 6.61 Å². The van der Waals surface area contributed by atoms with Gasteiger partial charge < -0.3 is 19.6 Å². The smallest absolute Gasteiger partial charge is 0.407 e. The molecule has 0 heterocycles. The van der Waals surface area contributed by atoms with Gasteiger partial charge in [-0.25, -0.2) is 4.79 Å². The first-order valence-corrected chi connectivity index (χ1v) is 7.16. The molecule has 0 aliphatic rings. The summed E-state index contributed by atoms with van der Waals surface area (Å²) < 4.78 is 9.97. The molecule has 22 heavy (non-hydrogen) atoms. The molecule has 0 aromatic heterocycles. The molecule has 0 bridgehead atoms. The van der Waals surface area contributed by atoms with Crippen molar-refractivity contribution < 1.29 is 23.9 Å². The Morgan fingerprint density at radius 2 is 1.91 bits per heavy atom. The molecule has 0 radical (unpaired) electrons. The van der Waals surface area contributed by atoms with Crippen LogP contribution in [0.1, 0.15) is 25.8 Å². The van der Waals surface area contributed by atoms with Gasteiger partial charge in [0, 0.05) is 12.5 Å². The zero-order valence-electron chi connectivity index (χ0n) is 12.8. The van der Waals surface area contributed by atoms with Gasteiger partial charge >= 0.3 is 12.1 Å². The van der Waals surface area contributed by atoms with Crippen LogP contribution >= 0.6 is 0 Å². The number of carbonyl (C=O) groups excluding carboxylic acids is 3. The molecule has 6 nitrogen and oxygen atoms in total. The number of carbonyl (C=O) groups is 3. The van der Waals surface area contributed by atoms with Crippen LogP contribution in [0.5, 0.6) is 0 Å². The van der Waals surface area contributed by atoms with Crippen LogP contribution in [0.25, 0.3) is 0 Å². The maximum atomic E-state index is 11.8. The summed E-state index contributed by atoms with van der Waals surface area (Å²) in [6, 6.07) is 8.68. The Kier molecular flexibility index (Phi) is 7.67. The van der Waals surface area contributed by atoms with Gasteiger partial charge in [0.1, 0.15) is 12.9 Å². The molecule has 0 unspecified atom stereocenters. The number of aldehydes is 1. The first kappa shape index (κ1) is 17.7. The van der Waals surface area contributed by atoms with Crippen LogP contribution in [0.2, 0.25) is 0 Å². The van der Waals surface area contributed by atoms with Crippen molar-refractivity contribution in [3.8, 4) is 0 Å². The minimum atomic E-state index is -0.721. The fraction of sp³-hybridized carbons (Fsp3) is 0.438. The zero-order valence-corrected chi connectivity index (χ0v) is 12.8. The normalized spacial score (nSPS) is 12.8. The van der Waals surface area contributed by atoms with E-state index in [1.54, 1.807) is 13.8 Å². The molecule has 1 aromatic rings. The highest BCUT2D eigenvalue weighted by atomic mass is 16.5. The monoisotopic (exact) mass is 307 g/mol. The summed E-state index contributed by atoms with van der Waals surface area (Å²) >= 11 is 0. The number of benzene rings is 1. The van der Waals surface area contributed by atoms with E-state index in [9.17, 15) is 14.4 Å². The highest BCUT2D eigenvalue weighted by molar-refractivity contribution is 5.77. The first-order valence-electron chi connectivity index (χ1n) is 7.16. The first-order chi connectivity index (χ1) is 10.6. The third kappa shape index (κ3) is 5.95. The summed E-state index contributed by atoms with van der Waals surface area (Å²) in [4.78, 5) is 34.2. The van der Waals surface area contributed by atoms with Gasteiger partial charge in [0.05, 0.1) is 12.5 Å². The van der Waals surface area contributed by atoms with E-state index in [1.807, 2.05) is 30.3 Å². The van der Waals surface area contributed by atoms with Crippen molar-refractivity contribution in [2.24, 2.45) is 5.92 Å². The highest BCUT2D eigenvalue weighted by Crippen LogP contribution is 2.11. The second-order valence-corrected chi connectivity index (χ2v) is 4.76. The Hall–Kier alpha value is -2.37. The molecule has 0 fully saturated rings. The lowest BCUT2D eigenvalue weighted by atomic mass is 9.98. The van der Waals surface area contributed by atoms with Crippen molar-refractivity contribution >= 4 is 18.3 Å². The number of ether oxygens (including phenoxy) is 2. The Labute approximate surface area is 129 Å². The molecule has 1 amide bonds. The summed E-state index contributed by atoms with van der Waals surface area (Å²) in [5.41, 5.74) is 0.861. The topological polar surface area (TPSA) is 81.7 Å². The van der Waals surface area contributed by atoms with Crippen LogP contribution in [-0.2, 0) is 25.7 Å². The van der Waals surface area contributed by atoms with Gasteiger partial charge in [-0.05, 0) is 19.4 Å². The Morgan fingerprint density at radius 3 is 2.50 bits per heavy atom. The molecule has 0 spiro atoms. The van der Waals surface area contributed by atoms with Crippen molar-refractivity contribution in [3.63, 3.8) is 0 Å². The average Bonchev–Trinajstić information content (AvgIpc) is 2.51. The number of hydrogen-bond donors (Lipinski definition) is 1. The molecule has 6 heteroatoms. The molecule has 0 saturated carbocycles. The number of alkyl carbamates (subject to hydrolysis) is 1. The van der Waals surface area contributed by atoms with E-state index in [2.05, 4.69) is 5.32 Å². The van der Waals surface area contributed by atoms with E-state index in [0.29, 0.717) is 6.29 Å². The number of amides is 1. The van der Waals surface area contributed by atoms with Gasteiger partial charge in [-0.2, -0.15) is 0 Å². The quantitative estimate of drug-likeness (QED) is 0.587. The lowest BCUT2D eigenvalue weighted by Gasteiger charge is -2.21. The molecular formula is C16H21NO5. The minimum Gasteiger partial charge on any atom is -0.466 e. The summed E-state index contributed by atoms with van der Waals surface area (Å²) in [6.07, 6.45) is -0.0230. The number of rotatable bonds is 8. The Bertz CT molecular complexity index is 489. The molecule has 0 saturated heterocycles. The SMILES string of the molecule is CCOC(=O)[C@@H](CC=O)[C@H](C)NC(=O)OCc1ccccc1. The van der Waals surface area contributed by atoms with Crippen LogP contribution in [0.4, 0.5) is 4.79 Å². The van der Waals surface area contributed by atoms with E-state index >= 15 is 0 Å². The van der Waals surface area contributed by atoms with E-state index in [1.165, 1.54) is 0 Å². The maximum absolute atomic E-state index is 11.8. The zero-order chi connectivity index (χ0) is 16.4. The van der Waals surface area contributed by atoms with Gasteiger partial charge in [0.15, 0.2) is 0 Å². The van der Waals surface area contributed by atoms with Crippen LogP contribution in [0, 0.1) is 5.92 Å². The van der Waals surface area contributed by atoms with Crippen molar-refractivity contribution in [3.05, 3.63) is 35.9 Å². The van der Waals surface area contributed by atoms with Crippen molar-refractivity contribution in [1.29, 1.82) is 0 Å². The maximum Gasteiger partial charge on any atom is 0.407 e. The van der Waals surface area contributed by atoms with Crippen LogP contribution < -0.4 is 5.32 Å². The molecule has 0 aliphatic heterocycles. The third-order valence-electron chi connectivity index (χ3n) is 3.10. The largest absolute Gasteiger partial charge is 0.466 e. The van der Waals surface area contributed by atoms with E-state index in [-0.39, 0.29) is 19.6 Å². The van der Waals surface area contributed by atoms with Gasteiger partial charge in [0.25, 0.3) is 0 Å². The van der Waals surface area contributed by atoms with Gasteiger partial charge in [-0.1, -0.05) is 30.3 Å². The summed E-state index contributed by atoms with van der Waals surface area (Å²) in [5.74, 6) is -1.23. The van der Waals surface area contributed by atoms with E-state index in [4.69, 9.17) is 9.47 Å². The molecule has 2 atom stereocenters. The average molecular weight is 307 g/mol. The second-order valence-electron chi connectivity index (χ2n) is 4.76. The van der Waals surface area contributed by atoms with E-state index < -0.39 is 24.0 Å². The fourth-order valence-corrected chi connectivity index (χ4v) is 1.91. The van der Waals surface area contributed by atoms with Crippen molar-refractivity contribution in [1.82, 2.24) is 5.32 Å². The lowest BCUT2D eigenvalue weighted by Crippen LogP contribution is -2.42. The van der Waals surface area contributed by atoms with Crippen LogP contribution in [0.15, 0.2) is 30.3 Å². The van der Waals surface area contributed by atoms with Gasteiger partial charge in [0.2, 0.25) is 0 Å². The molecular weight excluding hydrogens is 286 g/mol. The Balaban J connectivity index is 2.49. The van der Waals surface area contributed by atoms with Crippen LogP contribution in [-0.4, -0.2) is 31.0 Å². The number of hydrogen-bond acceptors (Lipinski definition) is 5. The van der Waals surface area contributed by atoms with Gasteiger partial charge in [-0.15, -0.1) is 0 Å².